The first-order valence-corrected chi connectivity index (χ1v) is 9.30. The number of rotatable bonds is 4. The number of urea groups is 1. The number of carbonyl (C=O) groups is 1. The Bertz CT molecular complexity index is 565. The van der Waals surface area contributed by atoms with E-state index >= 15 is 0 Å². The minimum atomic E-state index is -1.50. The Balaban J connectivity index is 2.47. The smallest absolute Gasteiger partial charge is 0.322 e. The largest absolute Gasteiger partial charge is 0.394 e. The van der Waals surface area contributed by atoms with Crippen molar-refractivity contribution in [3.63, 3.8) is 0 Å². The van der Waals surface area contributed by atoms with Gasteiger partial charge in [0.25, 0.3) is 0 Å². The summed E-state index contributed by atoms with van der Waals surface area (Å²) in [7, 11) is 0. The van der Waals surface area contributed by atoms with Gasteiger partial charge in [0.2, 0.25) is 0 Å². The van der Waals surface area contributed by atoms with E-state index in [-0.39, 0.29) is 0 Å². The van der Waals surface area contributed by atoms with Crippen LogP contribution in [0.4, 0.5) is 4.79 Å². The maximum absolute atomic E-state index is 13.0. The molecule has 0 aromatic carbocycles. The van der Waals surface area contributed by atoms with Crippen LogP contribution in [-0.4, -0.2) is 92.0 Å². The standard InChI is InChI=1S/C17H33N4O7/c1-16(2,3)21(26)9-12(18)19-15(25)20(13(9)28-17(4,5)6)14-11(24)10(23)8(7-22)27-14/h8-14,22-24H,7,18H2,1-6H3,(H,19,25)/t8-,9?,10-,11-,12?,13?,14?/m1/s1. The molecule has 2 saturated heterocycles. The number of nitrogens with two attached hydrogens (primary N) is 1. The predicted molar refractivity (Wildman–Crippen MR) is 96.8 cm³/mol. The van der Waals surface area contributed by atoms with E-state index in [4.69, 9.17) is 15.2 Å². The SMILES string of the molecule is CC(C)(C)OC1C(N([O])C(C)(C)C)C(N)NC(=O)N1C1O[C@H](CO)[C@@H](O)[C@H]1O. The second kappa shape index (κ2) is 8.00. The summed E-state index contributed by atoms with van der Waals surface area (Å²) in [5, 5.41) is 46.1. The number of nitrogens with zero attached hydrogens (tertiary/aromatic N) is 2. The lowest BCUT2D eigenvalue weighted by Gasteiger charge is -2.51. The van der Waals surface area contributed by atoms with Crippen LogP contribution in [-0.2, 0) is 14.7 Å². The third kappa shape index (κ3) is 4.57. The first-order chi connectivity index (χ1) is 12.7. The molecule has 11 heteroatoms. The van der Waals surface area contributed by atoms with Crippen LogP contribution in [0.3, 0.4) is 0 Å². The molecule has 28 heavy (non-hydrogen) atoms. The molecule has 6 N–H and O–H groups in total. The Labute approximate surface area is 164 Å². The molecule has 0 saturated carbocycles. The Morgan fingerprint density at radius 1 is 1.21 bits per heavy atom. The van der Waals surface area contributed by atoms with Gasteiger partial charge in [-0.15, -0.1) is 10.3 Å². The number of hydroxylamine groups is 2. The van der Waals surface area contributed by atoms with Crippen molar-refractivity contribution in [2.45, 2.75) is 95.7 Å². The van der Waals surface area contributed by atoms with E-state index in [0.29, 0.717) is 0 Å². The van der Waals surface area contributed by atoms with Crippen LogP contribution in [0.2, 0.25) is 0 Å². The van der Waals surface area contributed by atoms with Gasteiger partial charge in [-0.05, 0) is 41.5 Å². The average molecular weight is 405 g/mol. The van der Waals surface area contributed by atoms with E-state index in [0.717, 1.165) is 9.96 Å². The quantitative estimate of drug-likeness (QED) is 0.360. The monoisotopic (exact) mass is 405 g/mol. The van der Waals surface area contributed by atoms with Gasteiger partial charge in [-0.2, -0.15) is 0 Å². The summed E-state index contributed by atoms with van der Waals surface area (Å²) in [6, 6.07) is -1.74. The molecule has 0 bridgehead atoms. The summed E-state index contributed by atoms with van der Waals surface area (Å²) in [5.41, 5.74) is 4.46. The highest BCUT2D eigenvalue weighted by atomic mass is 16.6. The van der Waals surface area contributed by atoms with E-state index < -0.39 is 66.8 Å². The van der Waals surface area contributed by atoms with Gasteiger partial charge in [-0.1, -0.05) is 0 Å². The van der Waals surface area contributed by atoms with E-state index in [9.17, 15) is 25.3 Å². The minimum absolute atomic E-state index is 0.548. The van der Waals surface area contributed by atoms with Crippen molar-refractivity contribution in [3.05, 3.63) is 0 Å². The van der Waals surface area contributed by atoms with Gasteiger partial charge in [0.05, 0.1) is 12.2 Å². The van der Waals surface area contributed by atoms with Crippen molar-refractivity contribution in [3.8, 4) is 0 Å². The molecule has 2 aliphatic rings. The highest BCUT2D eigenvalue weighted by Crippen LogP contribution is 2.33. The van der Waals surface area contributed by atoms with Crippen molar-refractivity contribution in [1.29, 1.82) is 0 Å². The summed E-state index contributed by atoms with van der Waals surface area (Å²) in [4.78, 5) is 13.8. The fraction of sp³-hybridized carbons (Fsp3) is 0.941. The van der Waals surface area contributed by atoms with Crippen LogP contribution in [0.25, 0.3) is 0 Å². The Hall–Kier alpha value is -1.05. The van der Waals surface area contributed by atoms with Crippen LogP contribution in [0, 0.1) is 0 Å². The molecule has 2 fully saturated rings. The van der Waals surface area contributed by atoms with Crippen LogP contribution < -0.4 is 11.1 Å². The highest BCUT2D eigenvalue weighted by molar-refractivity contribution is 5.76. The Kier molecular flexibility index (Phi) is 6.63. The second-order valence-electron chi connectivity index (χ2n) is 9.22. The minimum Gasteiger partial charge on any atom is -0.394 e. The molecule has 2 rings (SSSR count). The van der Waals surface area contributed by atoms with Gasteiger partial charge in [0.1, 0.15) is 30.5 Å². The maximum atomic E-state index is 13.0. The van der Waals surface area contributed by atoms with Crippen LogP contribution in [0.15, 0.2) is 0 Å². The summed E-state index contributed by atoms with van der Waals surface area (Å²) in [5.74, 6) is 0. The van der Waals surface area contributed by atoms with Crippen molar-refractivity contribution in [2.75, 3.05) is 6.61 Å². The van der Waals surface area contributed by atoms with Gasteiger partial charge in [-0.25, -0.2) is 4.79 Å². The Morgan fingerprint density at radius 2 is 1.79 bits per heavy atom. The van der Waals surface area contributed by atoms with Gasteiger partial charge < -0.3 is 35.8 Å². The number of hydrogen-bond acceptors (Lipinski definition) is 8. The maximum Gasteiger partial charge on any atom is 0.322 e. The molecule has 163 valence electrons. The number of nitrogens with one attached hydrogen (secondary N) is 1. The predicted octanol–water partition coefficient (Wildman–Crippen LogP) is -1.31. The molecule has 2 aliphatic heterocycles. The van der Waals surface area contributed by atoms with Crippen LogP contribution >= 0.6 is 0 Å². The normalized spacial score (nSPS) is 37.5. The lowest BCUT2D eigenvalue weighted by atomic mass is 10.0. The van der Waals surface area contributed by atoms with Crippen molar-refractivity contribution in [2.24, 2.45) is 5.73 Å². The number of aliphatic hydroxyl groups excluding tert-OH is 3. The molecule has 0 aliphatic carbocycles. The molecule has 1 radical (unpaired) electrons. The third-order valence-corrected chi connectivity index (χ3v) is 4.66. The number of aliphatic hydroxyl groups is 3. The molecule has 4 unspecified atom stereocenters. The lowest BCUT2D eigenvalue weighted by Crippen LogP contribution is -2.76. The molecule has 2 heterocycles. The van der Waals surface area contributed by atoms with E-state index in [1.807, 2.05) is 0 Å². The van der Waals surface area contributed by atoms with Crippen molar-refractivity contribution < 1.29 is 34.8 Å². The van der Waals surface area contributed by atoms with Gasteiger partial charge in [-0.3, -0.25) is 4.90 Å². The zero-order valence-electron chi connectivity index (χ0n) is 17.2. The molecule has 11 nitrogen and oxygen atoms in total. The molecule has 0 spiro atoms. The molecular weight excluding hydrogens is 372 g/mol. The van der Waals surface area contributed by atoms with Crippen molar-refractivity contribution >= 4 is 6.03 Å². The number of hydrogen-bond donors (Lipinski definition) is 5. The first-order valence-electron chi connectivity index (χ1n) is 9.30. The zero-order valence-corrected chi connectivity index (χ0v) is 17.2. The summed E-state index contributed by atoms with van der Waals surface area (Å²) >= 11 is 0. The van der Waals surface area contributed by atoms with Gasteiger partial charge in [0, 0.05) is 5.54 Å². The van der Waals surface area contributed by atoms with Crippen LogP contribution in [0.1, 0.15) is 41.5 Å². The molecule has 7 atom stereocenters. The van der Waals surface area contributed by atoms with Gasteiger partial charge in [0.15, 0.2) is 12.5 Å². The molecule has 0 aromatic rings. The number of ether oxygens (including phenoxy) is 2. The zero-order chi connectivity index (χ0) is 21.6. The average Bonchev–Trinajstić information content (AvgIpc) is 2.80. The fourth-order valence-corrected chi connectivity index (χ4v) is 3.33. The van der Waals surface area contributed by atoms with Gasteiger partial charge >= 0.3 is 6.03 Å². The summed E-state index contributed by atoms with van der Waals surface area (Å²) in [6.07, 6.45) is -7.53. The Morgan fingerprint density at radius 3 is 2.21 bits per heavy atom. The number of carbonyl (C=O) groups excluding carboxylic acids is 1. The third-order valence-electron chi connectivity index (χ3n) is 4.66. The summed E-state index contributed by atoms with van der Waals surface area (Å²) < 4.78 is 11.5. The molecular formula is C17H33N4O7. The summed E-state index contributed by atoms with van der Waals surface area (Å²) in [6.45, 7) is 9.82. The number of amides is 2. The fourth-order valence-electron chi connectivity index (χ4n) is 3.33. The highest BCUT2D eigenvalue weighted by Gasteiger charge is 2.56. The van der Waals surface area contributed by atoms with Crippen LogP contribution in [0.5, 0.6) is 0 Å². The topological polar surface area (TPSA) is 161 Å². The van der Waals surface area contributed by atoms with E-state index in [1.54, 1.807) is 41.5 Å². The molecule has 0 aromatic heterocycles. The van der Waals surface area contributed by atoms with E-state index in [1.165, 1.54) is 0 Å². The second-order valence-corrected chi connectivity index (χ2v) is 9.22. The first kappa shape index (κ1) is 23.2. The van der Waals surface area contributed by atoms with Crippen molar-refractivity contribution in [1.82, 2.24) is 15.3 Å². The molecule has 2 amide bonds. The lowest BCUT2D eigenvalue weighted by molar-refractivity contribution is -0.302. The van der Waals surface area contributed by atoms with E-state index in [2.05, 4.69) is 5.32 Å².